The Kier molecular flexibility index (Phi) is 5.06. The molecule has 0 bridgehead atoms. The minimum atomic E-state index is 0.273. The van der Waals surface area contributed by atoms with Crippen molar-refractivity contribution in [3.8, 4) is 0 Å². The standard InChI is InChI=1S/C12H26N4/c1-9(2)14-12(15-13)16(4)11-7-5-6-10(3)8-11/h9-11H,5-8,13H2,1-4H3,(H,14,15). The minimum absolute atomic E-state index is 0.273. The van der Waals surface area contributed by atoms with Crippen molar-refractivity contribution in [2.75, 3.05) is 7.05 Å². The number of nitrogens with two attached hydrogens (primary N) is 1. The number of hydrogen-bond acceptors (Lipinski definition) is 2. The third-order valence-corrected chi connectivity index (χ3v) is 3.30. The summed E-state index contributed by atoms with van der Waals surface area (Å²) < 4.78 is 0. The first-order chi connectivity index (χ1) is 7.54. The van der Waals surface area contributed by atoms with Crippen LogP contribution in [-0.4, -0.2) is 30.0 Å². The van der Waals surface area contributed by atoms with Gasteiger partial charge in [0.1, 0.15) is 0 Å². The van der Waals surface area contributed by atoms with E-state index in [2.05, 4.69) is 43.1 Å². The van der Waals surface area contributed by atoms with Crippen LogP contribution in [0.5, 0.6) is 0 Å². The molecule has 0 aliphatic heterocycles. The predicted molar refractivity (Wildman–Crippen MR) is 69.1 cm³/mol. The van der Waals surface area contributed by atoms with Gasteiger partial charge in [0.25, 0.3) is 0 Å². The average Bonchev–Trinajstić information content (AvgIpc) is 2.24. The molecule has 16 heavy (non-hydrogen) atoms. The Morgan fingerprint density at radius 2 is 2.12 bits per heavy atom. The molecule has 0 aromatic heterocycles. The summed E-state index contributed by atoms with van der Waals surface area (Å²) in [6.45, 7) is 6.46. The van der Waals surface area contributed by atoms with Crippen LogP contribution in [-0.2, 0) is 0 Å². The molecule has 2 unspecified atom stereocenters. The van der Waals surface area contributed by atoms with Crippen LogP contribution in [0.15, 0.2) is 4.99 Å². The highest BCUT2D eigenvalue weighted by Gasteiger charge is 2.24. The molecule has 1 saturated carbocycles. The highest BCUT2D eigenvalue weighted by atomic mass is 15.4. The van der Waals surface area contributed by atoms with E-state index in [4.69, 9.17) is 5.84 Å². The van der Waals surface area contributed by atoms with Gasteiger partial charge in [-0.2, -0.15) is 0 Å². The number of aliphatic imine (C=N–C) groups is 1. The minimum Gasteiger partial charge on any atom is -0.342 e. The smallest absolute Gasteiger partial charge is 0.208 e. The van der Waals surface area contributed by atoms with Gasteiger partial charge in [-0.05, 0) is 32.6 Å². The summed E-state index contributed by atoms with van der Waals surface area (Å²) in [5, 5.41) is 0. The highest BCUT2D eigenvalue weighted by Crippen LogP contribution is 2.26. The van der Waals surface area contributed by atoms with Crippen LogP contribution in [0.2, 0.25) is 0 Å². The predicted octanol–water partition coefficient (Wildman–Crippen LogP) is 1.72. The molecule has 0 aromatic carbocycles. The van der Waals surface area contributed by atoms with Gasteiger partial charge in [-0.3, -0.25) is 5.43 Å². The molecule has 3 N–H and O–H groups in total. The molecule has 94 valence electrons. The lowest BCUT2D eigenvalue weighted by molar-refractivity contribution is 0.226. The highest BCUT2D eigenvalue weighted by molar-refractivity contribution is 5.79. The van der Waals surface area contributed by atoms with Gasteiger partial charge in [0, 0.05) is 19.1 Å². The van der Waals surface area contributed by atoms with Gasteiger partial charge < -0.3 is 4.90 Å². The van der Waals surface area contributed by atoms with Crippen molar-refractivity contribution >= 4 is 5.96 Å². The number of nitrogens with one attached hydrogen (secondary N) is 1. The lowest BCUT2D eigenvalue weighted by Gasteiger charge is -2.35. The summed E-state index contributed by atoms with van der Waals surface area (Å²) in [5.74, 6) is 7.17. The SMILES string of the molecule is CC1CCCC(N(C)C(=NC(C)C)NN)C1. The van der Waals surface area contributed by atoms with E-state index in [1.807, 2.05) is 0 Å². The van der Waals surface area contributed by atoms with E-state index < -0.39 is 0 Å². The molecular formula is C12H26N4. The molecule has 1 aliphatic rings. The topological polar surface area (TPSA) is 53.6 Å². The first kappa shape index (κ1) is 13.3. The van der Waals surface area contributed by atoms with E-state index in [1.54, 1.807) is 0 Å². The first-order valence-electron chi connectivity index (χ1n) is 6.31. The van der Waals surface area contributed by atoms with E-state index in [9.17, 15) is 0 Å². The van der Waals surface area contributed by atoms with Gasteiger partial charge in [0.05, 0.1) is 0 Å². The zero-order valence-corrected chi connectivity index (χ0v) is 11.0. The lowest BCUT2D eigenvalue weighted by atomic mass is 9.86. The van der Waals surface area contributed by atoms with E-state index in [1.165, 1.54) is 25.7 Å². The maximum absolute atomic E-state index is 5.54. The van der Waals surface area contributed by atoms with Crippen molar-refractivity contribution in [1.82, 2.24) is 10.3 Å². The van der Waals surface area contributed by atoms with Crippen molar-refractivity contribution < 1.29 is 0 Å². The van der Waals surface area contributed by atoms with Crippen LogP contribution < -0.4 is 11.3 Å². The van der Waals surface area contributed by atoms with Crippen LogP contribution in [0, 0.1) is 5.92 Å². The van der Waals surface area contributed by atoms with Gasteiger partial charge in [-0.1, -0.05) is 19.8 Å². The molecule has 2 atom stereocenters. The Bertz CT molecular complexity index is 237. The molecule has 0 aromatic rings. The molecule has 1 aliphatic carbocycles. The maximum Gasteiger partial charge on any atom is 0.208 e. The van der Waals surface area contributed by atoms with E-state index >= 15 is 0 Å². The van der Waals surface area contributed by atoms with Gasteiger partial charge in [0.15, 0.2) is 0 Å². The Labute approximate surface area is 99.3 Å². The van der Waals surface area contributed by atoms with Crippen molar-refractivity contribution in [1.29, 1.82) is 0 Å². The zero-order chi connectivity index (χ0) is 12.1. The molecule has 4 heteroatoms. The molecule has 0 heterocycles. The molecule has 4 nitrogen and oxygen atoms in total. The number of hydrogen-bond donors (Lipinski definition) is 2. The quantitative estimate of drug-likeness (QED) is 0.326. The van der Waals surface area contributed by atoms with Crippen LogP contribution in [0.3, 0.4) is 0 Å². The summed E-state index contributed by atoms with van der Waals surface area (Å²) in [6.07, 6.45) is 5.17. The molecule has 1 rings (SSSR count). The van der Waals surface area contributed by atoms with Crippen molar-refractivity contribution in [3.63, 3.8) is 0 Å². The van der Waals surface area contributed by atoms with Gasteiger partial charge in [-0.25, -0.2) is 10.8 Å². The second-order valence-corrected chi connectivity index (χ2v) is 5.23. The fourth-order valence-corrected chi connectivity index (χ4v) is 2.40. The number of hydrazine groups is 1. The van der Waals surface area contributed by atoms with E-state index in [0.29, 0.717) is 6.04 Å². The molecule has 0 amide bonds. The van der Waals surface area contributed by atoms with Crippen molar-refractivity contribution in [3.05, 3.63) is 0 Å². The average molecular weight is 226 g/mol. The monoisotopic (exact) mass is 226 g/mol. The second-order valence-electron chi connectivity index (χ2n) is 5.23. The Balaban J connectivity index is 2.63. The maximum atomic E-state index is 5.54. The zero-order valence-electron chi connectivity index (χ0n) is 11.0. The fourth-order valence-electron chi connectivity index (χ4n) is 2.40. The summed E-state index contributed by atoms with van der Waals surface area (Å²) in [5.41, 5.74) is 2.72. The van der Waals surface area contributed by atoms with E-state index in [-0.39, 0.29) is 6.04 Å². The summed E-state index contributed by atoms with van der Waals surface area (Å²) in [6, 6.07) is 0.854. The molecule has 1 fully saturated rings. The van der Waals surface area contributed by atoms with Crippen molar-refractivity contribution in [2.24, 2.45) is 16.8 Å². The molecular weight excluding hydrogens is 200 g/mol. The van der Waals surface area contributed by atoms with Crippen molar-refractivity contribution in [2.45, 2.75) is 58.5 Å². The Hall–Kier alpha value is -0.770. The van der Waals surface area contributed by atoms with E-state index in [0.717, 1.165) is 11.9 Å². The Morgan fingerprint density at radius 1 is 1.44 bits per heavy atom. The third-order valence-electron chi connectivity index (χ3n) is 3.30. The van der Waals surface area contributed by atoms with Gasteiger partial charge in [-0.15, -0.1) is 0 Å². The summed E-state index contributed by atoms with van der Waals surface area (Å²) >= 11 is 0. The number of guanidine groups is 1. The molecule has 0 spiro atoms. The molecule has 0 radical (unpaired) electrons. The Morgan fingerprint density at radius 3 is 2.62 bits per heavy atom. The lowest BCUT2D eigenvalue weighted by Crippen LogP contribution is -2.49. The number of rotatable bonds is 2. The fraction of sp³-hybridized carbons (Fsp3) is 0.917. The normalized spacial score (nSPS) is 27.0. The third kappa shape index (κ3) is 3.67. The van der Waals surface area contributed by atoms with Gasteiger partial charge >= 0.3 is 0 Å². The second kappa shape index (κ2) is 6.09. The summed E-state index contributed by atoms with van der Waals surface area (Å²) in [7, 11) is 2.09. The van der Waals surface area contributed by atoms with Crippen LogP contribution >= 0.6 is 0 Å². The molecule has 0 saturated heterocycles. The van der Waals surface area contributed by atoms with Crippen LogP contribution in [0.1, 0.15) is 46.5 Å². The largest absolute Gasteiger partial charge is 0.342 e. The van der Waals surface area contributed by atoms with Gasteiger partial charge in [0.2, 0.25) is 5.96 Å². The first-order valence-corrected chi connectivity index (χ1v) is 6.31. The number of nitrogens with zero attached hydrogens (tertiary/aromatic N) is 2. The van der Waals surface area contributed by atoms with Crippen LogP contribution in [0.25, 0.3) is 0 Å². The summed E-state index contributed by atoms with van der Waals surface area (Å²) in [4.78, 5) is 6.71. The van der Waals surface area contributed by atoms with Crippen LogP contribution in [0.4, 0.5) is 0 Å².